The molecule has 0 unspecified atom stereocenters. The smallest absolute Gasteiger partial charge is 0.110 e. The van der Waals surface area contributed by atoms with E-state index in [2.05, 4.69) is 0 Å². The molecule has 0 saturated carbocycles. The molecule has 1 nitrogen and oxygen atoms in total. The lowest BCUT2D eigenvalue weighted by atomic mass is 10.5. The summed E-state index contributed by atoms with van der Waals surface area (Å²) in [6.07, 6.45) is 0.939. The topological polar surface area (TPSA) is 17.1 Å². The van der Waals surface area contributed by atoms with Crippen LogP contribution in [0.4, 0.5) is 0 Å². The van der Waals surface area contributed by atoms with E-state index in [1.54, 1.807) is 0 Å². The second kappa shape index (κ2) is 1.51. The Kier molecular flexibility index (Phi) is 1.15. The third-order valence-corrected chi connectivity index (χ3v) is 3.09. The molecule has 1 saturated heterocycles. The highest BCUT2D eigenvalue weighted by molar-refractivity contribution is 7.88. The van der Waals surface area contributed by atoms with Crippen LogP contribution in [0.25, 0.3) is 0 Å². The van der Waals surface area contributed by atoms with Crippen LogP contribution in [0.15, 0.2) is 0 Å². The van der Waals surface area contributed by atoms with Gasteiger partial charge in [-0.3, -0.25) is 4.21 Å². The first-order valence-corrected chi connectivity index (χ1v) is 3.64. The van der Waals surface area contributed by atoms with E-state index >= 15 is 0 Å². The standard InChI is InChI=1S/C3H5ClOS/c4-3-1-2-6(3)5/h3H,1-2H2/t3-,6+/m1/s1. The Labute approximate surface area is 44.1 Å². The van der Waals surface area contributed by atoms with Crippen molar-refractivity contribution < 1.29 is 4.21 Å². The van der Waals surface area contributed by atoms with Crippen LogP contribution < -0.4 is 0 Å². The average Bonchev–Trinajstić information content (AvgIpc) is 1.61. The summed E-state index contributed by atoms with van der Waals surface area (Å²) in [6.45, 7) is 0. The molecule has 3 heteroatoms. The van der Waals surface area contributed by atoms with E-state index in [-0.39, 0.29) is 4.71 Å². The van der Waals surface area contributed by atoms with Gasteiger partial charge in [0.15, 0.2) is 0 Å². The van der Waals surface area contributed by atoms with Crippen LogP contribution in [0.5, 0.6) is 0 Å². The monoisotopic (exact) mass is 124 g/mol. The summed E-state index contributed by atoms with van der Waals surface area (Å²) in [5.41, 5.74) is 0. The Morgan fingerprint density at radius 3 is 2.33 bits per heavy atom. The molecule has 6 heavy (non-hydrogen) atoms. The SMILES string of the molecule is O=[S@]1CC[C@@H]1Cl. The van der Waals surface area contributed by atoms with Crippen molar-refractivity contribution in [1.29, 1.82) is 0 Å². The fourth-order valence-corrected chi connectivity index (χ4v) is 1.44. The quantitative estimate of drug-likeness (QED) is 0.435. The predicted molar refractivity (Wildman–Crippen MR) is 27.3 cm³/mol. The fourth-order valence-electron chi connectivity index (χ4n) is 0.303. The molecule has 1 aliphatic heterocycles. The number of halogens is 1. The third-order valence-electron chi connectivity index (χ3n) is 0.831. The maximum Gasteiger partial charge on any atom is 0.110 e. The van der Waals surface area contributed by atoms with Gasteiger partial charge >= 0.3 is 0 Å². The van der Waals surface area contributed by atoms with Crippen molar-refractivity contribution in [3.63, 3.8) is 0 Å². The van der Waals surface area contributed by atoms with Gasteiger partial charge in [0, 0.05) is 16.6 Å². The third kappa shape index (κ3) is 0.590. The molecule has 2 atom stereocenters. The van der Waals surface area contributed by atoms with Gasteiger partial charge in [-0.1, -0.05) is 0 Å². The van der Waals surface area contributed by atoms with Gasteiger partial charge in [0.25, 0.3) is 0 Å². The van der Waals surface area contributed by atoms with Crippen LogP contribution in [0.2, 0.25) is 0 Å². The maximum absolute atomic E-state index is 10.2. The van der Waals surface area contributed by atoms with Crippen molar-refractivity contribution >= 4 is 22.4 Å². The highest BCUT2D eigenvalue weighted by atomic mass is 35.5. The van der Waals surface area contributed by atoms with Crippen molar-refractivity contribution in [3.8, 4) is 0 Å². The summed E-state index contributed by atoms with van der Waals surface area (Å²) in [7, 11) is -0.671. The van der Waals surface area contributed by atoms with Crippen LogP contribution in [0.3, 0.4) is 0 Å². The van der Waals surface area contributed by atoms with Gasteiger partial charge < -0.3 is 0 Å². The maximum atomic E-state index is 10.2. The number of rotatable bonds is 0. The van der Waals surface area contributed by atoms with Crippen molar-refractivity contribution in [2.75, 3.05) is 5.75 Å². The first-order chi connectivity index (χ1) is 2.80. The molecule has 0 N–H and O–H groups in total. The molecule has 0 bridgehead atoms. The van der Waals surface area contributed by atoms with E-state index in [4.69, 9.17) is 11.6 Å². The number of hydrogen-bond acceptors (Lipinski definition) is 1. The van der Waals surface area contributed by atoms with Gasteiger partial charge in [-0.15, -0.1) is 11.6 Å². The van der Waals surface area contributed by atoms with Crippen LogP contribution >= 0.6 is 11.6 Å². The normalized spacial score (nSPS) is 44.8. The zero-order chi connectivity index (χ0) is 4.57. The summed E-state index contributed by atoms with van der Waals surface area (Å²) in [5.74, 6) is 0.814. The van der Waals surface area contributed by atoms with E-state index < -0.39 is 10.8 Å². The molecule has 0 spiro atoms. The lowest BCUT2D eigenvalue weighted by Gasteiger charge is -2.16. The lowest BCUT2D eigenvalue weighted by molar-refractivity contribution is 0.665. The van der Waals surface area contributed by atoms with Crippen molar-refractivity contribution in [2.24, 2.45) is 0 Å². The number of alkyl halides is 1. The molecule has 1 fully saturated rings. The minimum atomic E-state index is -0.671. The van der Waals surface area contributed by atoms with Crippen LogP contribution in [-0.4, -0.2) is 14.7 Å². The molecule has 36 valence electrons. The summed E-state index contributed by atoms with van der Waals surface area (Å²) in [6, 6.07) is 0. The van der Waals surface area contributed by atoms with Gasteiger partial charge in [0.2, 0.25) is 0 Å². The van der Waals surface area contributed by atoms with Crippen molar-refractivity contribution in [1.82, 2.24) is 0 Å². The minimum absolute atomic E-state index is 0.0231. The number of hydrogen-bond donors (Lipinski definition) is 0. The minimum Gasteiger partial charge on any atom is -0.258 e. The molecule has 0 aromatic heterocycles. The molecular formula is C3H5ClOS. The van der Waals surface area contributed by atoms with Gasteiger partial charge in [0.05, 0.1) is 0 Å². The van der Waals surface area contributed by atoms with E-state index in [1.165, 1.54) is 0 Å². The molecule has 1 rings (SSSR count). The molecule has 0 radical (unpaired) electrons. The van der Waals surface area contributed by atoms with E-state index in [1.807, 2.05) is 0 Å². The molecule has 0 aromatic carbocycles. The second-order valence-electron chi connectivity index (χ2n) is 1.28. The zero-order valence-corrected chi connectivity index (χ0v) is 4.76. The van der Waals surface area contributed by atoms with E-state index in [9.17, 15) is 4.21 Å². The van der Waals surface area contributed by atoms with Gasteiger partial charge in [-0.05, 0) is 6.42 Å². The van der Waals surface area contributed by atoms with Crippen LogP contribution in [0, 0.1) is 0 Å². The molecule has 0 amide bonds. The lowest BCUT2D eigenvalue weighted by Crippen LogP contribution is -2.24. The first kappa shape index (κ1) is 4.60. The van der Waals surface area contributed by atoms with Gasteiger partial charge in [0.1, 0.15) is 4.71 Å². The van der Waals surface area contributed by atoms with Crippen molar-refractivity contribution in [2.45, 2.75) is 11.1 Å². The largest absolute Gasteiger partial charge is 0.258 e. The Morgan fingerprint density at radius 1 is 1.83 bits per heavy atom. The zero-order valence-electron chi connectivity index (χ0n) is 3.19. The molecular weight excluding hydrogens is 120 g/mol. The summed E-state index contributed by atoms with van der Waals surface area (Å²) >= 11 is 5.40. The molecule has 0 aromatic rings. The van der Waals surface area contributed by atoms with Crippen molar-refractivity contribution in [3.05, 3.63) is 0 Å². The Balaban J connectivity index is 2.39. The highest BCUT2D eigenvalue weighted by Crippen LogP contribution is 2.18. The van der Waals surface area contributed by atoms with E-state index in [0.29, 0.717) is 0 Å². The van der Waals surface area contributed by atoms with Crippen LogP contribution in [-0.2, 0) is 10.8 Å². The predicted octanol–water partition coefficient (Wildman–Crippen LogP) is 0.704. The Hall–Kier alpha value is 0.440. The van der Waals surface area contributed by atoms with E-state index in [0.717, 1.165) is 12.2 Å². The average molecular weight is 125 g/mol. The first-order valence-electron chi connectivity index (χ1n) is 1.82. The fraction of sp³-hybridized carbons (Fsp3) is 1.00. The van der Waals surface area contributed by atoms with Gasteiger partial charge in [-0.25, -0.2) is 0 Å². The summed E-state index contributed by atoms with van der Waals surface area (Å²) in [4.78, 5) is 0. The molecule has 1 aliphatic rings. The van der Waals surface area contributed by atoms with Gasteiger partial charge in [-0.2, -0.15) is 0 Å². The molecule has 0 aliphatic carbocycles. The Bertz CT molecular complexity index is 82.9. The summed E-state index contributed by atoms with van der Waals surface area (Å²) in [5, 5.41) is 0. The summed E-state index contributed by atoms with van der Waals surface area (Å²) < 4.78 is 10.2. The second-order valence-corrected chi connectivity index (χ2v) is 3.81. The Morgan fingerprint density at radius 2 is 2.33 bits per heavy atom. The van der Waals surface area contributed by atoms with Crippen LogP contribution in [0.1, 0.15) is 6.42 Å². The molecule has 1 heterocycles. The highest BCUT2D eigenvalue weighted by Gasteiger charge is 2.22.